The van der Waals surface area contributed by atoms with Crippen molar-refractivity contribution < 1.29 is 5.11 Å². The van der Waals surface area contributed by atoms with Crippen molar-refractivity contribution in [2.75, 3.05) is 6.54 Å². The Balaban J connectivity index is 2.25. The summed E-state index contributed by atoms with van der Waals surface area (Å²) >= 11 is 6.07. The second-order valence-electron chi connectivity index (χ2n) is 3.66. The number of halogens is 1. The molecule has 2 rings (SSSR count). The number of aliphatic hydroxyl groups is 1. The molecule has 1 saturated heterocycles. The van der Waals surface area contributed by atoms with E-state index in [-0.39, 0.29) is 12.1 Å². The van der Waals surface area contributed by atoms with Crippen molar-refractivity contribution in [3.8, 4) is 0 Å². The van der Waals surface area contributed by atoms with Crippen molar-refractivity contribution in [3.63, 3.8) is 0 Å². The van der Waals surface area contributed by atoms with Crippen LogP contribution in [0.2, 0.25) is 5.02 Å². The summed E-state index contributed by atoms with van der Waals surface area (Å²) < 4.78 is 0. The van der Waals surface area contributed by atoms with Crippen molar-refractivity contribution in [1.29, 1.82) is 0 Å². The fourth-order valence-electron chi connectivity index (χ4n) is 1.92. The first kappa shape index (κ1) is 9.97. The third kappa shape index (κ3) is 1.92. The van der Waals surface area contributed by atoms with Crippen LogP contribution in [0.4, 0.5) is 0 Å². The molecule has 1 aliphatic rings. The van der Waals surface area contributed by atoms with Gasteiger partial charge in [-0.3, -0.25) is 0 Å². The van der Waals surface area contributed by atoms with Crippen molar-refractivity contribution in [3.05, 3.63) is 34.9 Å². The summed E-state index contributed by atoms with van der Waals surface area (Å²) in [6, 6.07) is 7.68. The van der Waals surface area contributed by atoms with Crippen LogP contribution in [0.5, 0.6) is 0 Å². The van der Waals surface area contributed by atoms with Gasteiger partial charge in [0.25, 0.3) is 0 Å². The molecule has 1 fully saturated rings. The van der Waals surface area contributed by atoms with E-state index in [0.717, 1.165) is 30.0 Å². The Morgan fingerprint density at radius 3 is 2.86 bits per heavy atom. The molecule has 0 radical (unpaired) electrons. The van der Waals surface area contributed by atoms with Crippen LogP contribution < -0.4 is 5.32 Å². The molecule has 0 aromatic heterocycles. The summed E-state index contributed by atoms with van der Waals surface area (Å²) in [4.78, 5) is 0. The number of aliphatic hydroxyl groups excluding tert-OH is 1. The van der Waals surface area contributed by atoms with Crippen LogP contribution in [0.1, 0.15) is 24.4 Å². The van der Waals surface area contributed by atoms with E-state index in [0.29, 0.717) is 0 Å². The Bertz CT molecular complexity index is 316. The lowest BCUT2D eigenvalue weighted by atomic mass is 9.95. The Labute approximate surface area is 88.9 Å². The molecule has 0 saturated carbocycles. The van der Waals surface area contributed by atoms with Crippen LogP contribution in [-0.4, -0.2) is 17.8 Å². The smallest absolute Gasteiger partial charge is 0.0735 e. The minimum Gasteiger partial charge on any atom is -0.391 e. The zero-order valence-electron chi connectivity index (χ0n) is 7.91. The van der Waals surface area contributed by atoms with Crippen LogP contribution in [0.3, 0.4) is 0 Å². The van der Waals surface area contributed by atoms with Gasteiger partial charge in [0.15, 0.2) is 0 Å². The van der Waals surface area contributed by atoms with E-state index in [1.165, 1.54) is 0 Å². The number of nitrogens with one attached hydrogen (secondary N) is 1. The molecule has 14 heavy (non-hydrogen) atoms. The van der Waals surface area contributed by atoms with E-state index < -0.39 is 0 Å². The summed E-state index contributed by atoms with van der Waals surface area (Å²) in [6.45, 7) is 0.951. The van der Waals surface area contributed by atoms with Gasteiger partial charge in [0.2, 0.25) is 0 Å². The quantitative estimate of drug-likeness (QED) is 0.746. The molecule has 2 N–H and O–H groups in total. The molecule has 0 unspecified atom stereocenters. The summed E-state index contributed by atoms with van der Waals surface area (Å²) in [5.41, 5.74) is 1.00. The van der Waals surface area contributed by atoms with E-state index >= 15 is 0 Å². The van der Waals surface area contributed by atoms with Gasteiger partial charge in [0.05, 0.1) is 12.1 Å². The number of hydrogen-bond donors (Lipinski definition) is 2. The normalized spacial score (nSPS) is 27.6. The fraction of sp³-hybridized carbons (Fsp3) is 0.455. The molecule has 2 nitrogen and oxygen atoms in total. The van der Waals surface area contributed by atoms with Crippen molar-refractivity contribution in [2.45, 2.75) is 25.0 Å². The first-order valence-corrected chi connectivity index (χ1v) is 5.32. The third-order valence-corrected chi connectivity index (χ3v) is 3.01. The van der Waals surface area contributed by atoms with Gasteiger partial charge in [0.1, 0.15) is 0 Å². The maximum Gasteiger partial charge on any atom is 0.0735 e. The minimum absolute atomic E-state index is 0.00236. The van der Waals surface area contributed by atoms with E-state index in [2.05, 4.69) is 5.32 Å². The number of hydrogen-bond acceptors (Lipinski definition) is 2. The molecule has 0 amide bonds. The molecule has 1 aliphatic heterocycles. The fourth-order valence-corrected chi connectivity index (χ4v) is 2.17. The van der Waals surface area contributed by atoms with Gasteiger partial charge in [-0.25, -0.2) is 0 Å². The highest BCUT2D eigenvalue weighted by atomic mass is 35.5. The van der Waals surface area contributed by atoms with Gasteiger partial charge in [0, 0.05) is 5.02 Å². The van der Waals surface area contributed by atoms with E-state index in [1.807, 2.05) is 24.3 Å². The lowest BCUT2D eigenvalue weighted by Crippen LogP contribution is -2.37. The summed E-state index contributed by atoms with van der Waals surface area (Å²) in [7, 11) is 0. The Kier molecular flexibility index (Phi) is 3.06. The minimum atomic E-state index is -0.316. The average molecular weight is 212 g/mol. The summed E-state index contributed by atoms with van der Waals surface area (Å²) in [5.74, 6) is 0. The first-order chi connectivity index (χ1) is 6.79. The molecule has 3 heteroatoms. The highest BCUT2D eigenvalue weighted by Crippen LogP contribution is 2.28. The van der Waals surface area contributed by atoms with Crippen LogP contribution in [0, 0.1) is 0 Å². The van der Waals surface area contributed by atoms with Gasteiger partial charge >= 0.3 is 0 Å². The highest BCUT2D eigenvalue weighted by molar-refractivity contribution is 6.31. The van der Waals surface area contributed by atoms with Gasteiger partial charge in [-0.05, 0) is 31.0 Å². The topological polar surface area (TPSA) is 32.3 Å². The van der Waals surface area contributed by atoms with Crippen molar-refractivity contribution in [1.82, 2.24) is 5.32 Å². The lowest BCUT2D eigenvalue weighted by molar-refractivity contribution is 0.0966. The predicted molar refractivity (Wildman–Crippen MR) is 57.4 cm³/mol. The van der Waals surface area contributed by atoms with E-state index in [9.17, 15) is 5.11 Å². The van der Waals surface area contributed by atoms with Crippen LogP contribution in [0.15, 0.2) is 24.3 Å². The lowest BCUT2D eigenvalue weighted by Gasteiger charge is -2.29. The van der Waals surface area contributed by atoms with Gasteiger partial charge in [-0.15, -0.1) is 0 Å². The number of piperidine rings is 1. The summed E-state index contributed by atoms with van der Waals surface area (Å²) in [6.07, 6.45) is 1.56. The molecule has 2 atom stereocenters. The second kappa shape index (κ2) is 4.30. The molecule has 1 aromatic rings. The highest BCUT2D eigenvalue weighted by Gasteiger charge is 2.25. The van der Waals surface area contributed by atoms with E-state index in [4.69, 9.17) is 11.6 Å². The van der Waals surface area contributed by atoms with Gasteiger partial charge in [-0.2, -0.15) is 0 Å². The standard InChI is InChI=1S/C11H14ClNO/c12-9-5-2-1-4-8(9)11-10(14)6-3-7-13-11/h1-2,4-5,10-11,13-14H,3,6-7H2/t10-,11-/m1/s1. The number of benzene rings is 1. The second-order valence-corrected chi connectivity index (χ2v) is 4.07. The van der Waals surface area contributed by atoms with Gasteiger partial charge in [-0.1, -0.05) is 29.8 Å². The molecule has 76 valence electrons. The molecule has 1 aromatic carbocycles. The molecule has 0 bridgehead atoms. The van der Waals surface area contributed by atoms with Crippen LogP contribution in [0.25, 0.3) is 0 Å². The number of rotatable bonds is 1. The molecule has 0 spiro atoms. The zero-order chi connectivity index (χ0) is 9.97. The van der Waals surface area contributed by atoms with E-state index in [1.54, 1.807) is 0 Å². The monoisotopic (exact) mass is 211 g/mol. The largest absolute Gasteiger partial charge is 0.391 e. The van der Waals surface area contributed by atoms with Crippen LogP contribution in [-0.2, 0) is 0 Å². The maximum absolute atomic E-state index is 9.83. The Hall–Kier alpha value is -0.570. The third-order valence-electron chi connectivity index (χ3n) is 2.67. The maximum atomic E-state index is 9.83. The Morgan fingerprint density at radius 1 is 1.36 bits per heavy atom. The Morgan fingerprint density at radius 2 is 2.14 bits per heavy atom. The zero-order valence-corrected chi connectivity index (χ0v) is 8.67. The summed E-state index contributed by atoms with van der Waals surface area (Å²) in [5, 5.41) is 13.8. The predicted octanol–water partition coefficient (Wildman–Crippen LogP) is 2.13. The van der Waals surface area contributed by atoms with Crippen molar-refractivity contribution in [2.24, 2.45) is 0 Å². The van der Waals surface area contributed by atoms with Crippen molar-refractivity contribution >= 4 is 11.6 Å². The molecule has 0 aliphatic carbocycles. The first-order valence-electron chi connectivity index (χ1n) is 4.95. The van der Waals surface area contributed by atoms with Gasteiger partial charge < -0.3 is 10.4 Å². The molecular formula is C11H14ClNO. The molecular weight excluding hydrogens is 198 g/mol. The van der Waals surface area contributed by atoms with Crippen LogP contribution >= 0.6 is 11.6 Å². The molecule has 1 heterocycles. The SMILES string of the molecule is O[C@@H]1CCCN[C@@H]1c1ccccc1Cl. The average Bonchev–Trinajstić information content (AvgIpc) is 2.20.